The SMILES string of the molecule is COC(=O)c1cnc(NC2(C)CCOC2)s1. The number of ether oxygens (including phenoxy) is 2. The number of anilines is 1. The number of nitrogens with one attached hydrogen (secondary N) is 1. The summed E-state index contributed by atoms with van der Waals surface area (Å²) in [6.07, 6.45) is 2.47. The maximum absolute atomic E-state index is 11.2. The van der Waals surface area contributed by atoms with Crippen molar-refractivity contribution < 1.29 is 14.3 Å². The number of thiazole rings is 1. The normalized spacial score (nSPS) is 24.4. The first-order chi connectivity index (χ1) is 7.63. The third kappa shape index (κ3) is 2.33. The summed E-state index contributed by atoms with van der Waals surface area (Å²) in [4.78, 5) is 15.9. The second kappa shape index (κ2) is 4.39. The van der Waals surface area contributed by atoms with Crippen LogP contribution in [0.15, 0.2) is 6.20 Å². The smallest absolute Gasteiger partial charge is 0.349 e. The van der Waals surface area contributed by atoms with E-state index in [9.17, 15) is 4.79 Å². The minimum atomic E-state index is -0.349. The highest BCUT2D eigenvalue weighted by molar-refractivity contribution is 7.17. The number of carbonyl (C=O) groups excluding carboxylic acids is 1. The first kappa shape index (κ1) is 11.3. The number of methoxy groups -OCH3 is 1. The lowest BCUT2D eigenvalue weighted by Gasteiger charge is -2.22. The van der Waals surface area contributed by atoms with E-state index in [0.29, 0.717) is 11.5 Å². The van der Waals surface area contributed by atoms with Gasteiger partial charge in [-0.05, 0) is 13.3 Å². The molecule has 1 atom stereocenters. The van der Waals surface area contributed by atoms with Crippen molar-refractivity contribution >= 4 is 22.4 Å². The van der Waals surface area contributed by atoms with E-state index in [2.05, 4.69) is 22.0 Å². The summed E-state index contributed by atoms with van der Waals surface area (Å²) in [6.45, 7) is 3.51. The molecule has 1 aromatic heterocycles. The summed E-state index contributed by atoms with van der Waals surface area (Å²) < 4.78 is 9.95. The van der Waals surface area contributed by atoms with E-state index in [0.717, 1.165) is 18.2 Å². The zero-order chi connectivity index (χ0) is 11.6. The van der Waals surface area contributed by atoms with Crippen molar-refractivity contribution in [3.63, 3.8) is 0 Å². The van der Waals surface area contributed by atoms with Gasteiger partial charge in [0.05, 0.1) is 25.5 Å². The first-order valence-corrected chi connectivity index (χ1v) is 5.85. The van der Waals surface area contributed by atoms with Gasteiger partial charge in [0.2, 0.25) is 0 Å². The highest BCUT2D eigenvalue weighted by Gasteiger charge is 2.30. The molecule has 1 saturated heterocycles. The average molecular weight is 242 g/mol. The number of esters is 1. The van der Waals surface area contributed by atoms with Crippen LogP contribution < -0.4 is 5.32 Å². The standard InChI is InChI=1S/C10H14N2O3S/c1-10(3-4-15-6-10)12-9-11-5-7(16-9)8(13)14-2/h5H,3-4,6H2,1-2H3,(H,11,12). The van der Waals surface area contributed by atoms with Gasteiger partial charge < -0.3 is 14.8 Å². The predicted molar refractivity (Wildman–Crippen MR) is 60.9 cm³/mol. The monoisotopic (exact) mass is 242 g/mol. The molecule has 2 heterocycles. The first-order valence-electron chi connectivity index (χ1n) is 5.03. The third-order valence-corrected chi connectivity index (χ3v) is 3.41. The number of carbonyl (C=O) groups is 1. The molecule has 1 unspecified atom stereocenters. The van der Waals surface area contributed by atoms with E-state index in [4.69, 9.17) is 4.74 Å². The molecule has 1 N–H and O–H groups in total. The van der Waals surface area contributed by atoms with Gasteiger partial charge in [0.1, 0.15) is 4.88 Å². The van der Waals surface area contributed by atoms with Gasteiger partial charge in [-0.2, -0.15) is 0 Å². The minimum Gasteiger partial charge on any atom is -0.465 e. The maximum atomic E-state index is 11.2. The van der Waals surface area contributed by atoms with Gasteiger partial charge in [-0.3, -0.25) is 0 Å². The van der Waals surface area contributed by atoms with Crippen LogP contribution in [-0.4, -0.2) is 36.8 Å². The molecule has 1 aromatic rings. The number of hydrogen-bond donors (Lipinski definition) is 1. The van der Waals surface area contributed by atoms with E-state index in [-0.39, 0.29) is 11.5 Å². The van der Waals surface area contributed by atoms with Crippen LogP contribution >= 0.6 is 11.3 Å². The Kier molecular flexibility index (Phi) is 3.11. The Bertz CT molecular complexity index is 385. The van der Waals surface area contributed by atoms with Crippen molar-refractivity contribution in [3.8, 4) is 0 Å². The Morgan fingerprint density at radius 1 is 1.75 bits per heavy atom. The number of nitrogens with zero attached hydrogens (tertiary/aromatic N) is 1. The molecule has 1 fully saturated rings. The largest absolute Gasteiger partial charge is 0.465 e. The number of hydrogen-bond acceptors (Lipinski definition) is 6. The average Bonchev–Trinajstić information content (AvgIpc) is 2.87. The molecule has 0 bridgehead atoms. The summed E-state index contributed by atoms with van der Waals surface area (Å²) in [5, 5.41) is 4.02. The molecule has 0 amide bonds. The Hall–Kier alpha value is -1.14. The van der Waals surface area contributed by atoms with Crippen molar-refractivity contribution in [3.05, 3.63) is 11.1 Å². The third-order valence-electron chi connectivity index (χ3n) is 2.52. The van der Waals surface area contributed by atoms with Crippen molar-refractivity contribution in [1.82, 2.24) is 4.98 Å². The molecule has 88 valence electrons. The molecular weight excluding hydrogens is 228 g/mol. The molecular formula is C10H14N2O3S. The van der Waals surface area contributed by atoms with Gasteiger partial charge in [-0.1, -0.05) is 11.3 Å². The quantitative estimate of drug-likeness (QED) is 0.814. The Labute approximate surface area is 97.8 Å². The van der Waals surface area contributed by atoms with E-state index in [1.807, 2.05) is 0 Å². The zero-order valence-corrected chi connectivity index (χ0v) is 10.1. The molecule has 0 spiro atoms. The topological polar surface area (TPSA) is 60.5 Å². The lowest BCUT2D eigenvalue weighted by atomic mass is 10.0. The van der Waals surface area contributed by atoms with Crippen LogP contribution in [-0.2, 0) is 9.47 Å². The fourth-order valence-electron chi connectivity index (χ4n) is 1.55. The highest BCUT2D eigenvalue weighted by Crippen LogP contribution is 2.27. The molecule has 16 heavy (non-hydrogen) atoms. The van der Waals surface area contributed by atoms with Crippen LogP contribution in [0.5, 0.6) is 0 Å². The van der Waals surface area contributed by atoms with Crippen molar-refractivity contribution in [2.24, 2.45) is 0 Å². The van der Waals surface area contributed by atoms with Gasteiger partial charge in [0.15, 0.2) is 5.13 Å². The van der Waals surface area contributed by atoms with E-state index in [1.165, 1.54) is 24.6 Å². The summed E-state index contributed by atoms with van der Waals surface area (Å²) in [5.41, 5.74) is -0.0781. The summed E-state index contributed by atoms with van der Waals surface area (Å²) in [6, 6.07) is 0. The maximum Gasteiger partial charge on any atom is 0.349 e. The second-order valence-electron chi connectivity index (χ2n) is 4.01. The van der Waals surface area contributed by atoms with E-state index >= 15 is 0 Å². The van der Waals surface area contributed by atoms with Crippen LogP contribution in [0.2, 0.25) is 0 Å². The summed E-state index contributed by atoms with van der Waals surface area (Å²) in [7, 11) is 1.36. The van der Waals surface area contributed by atoms with Gasteiger partial charge in [0.25, 0.3) is 0 Å². The highest BCUT2D eigenvalue weighted by atomic mass is 32.1. The Balaban J connectivity index is 2.05. The van der Waals surface area contributed by atoms with Crippen molar-refractivity contribution in [2.75, 3.05) is 25.6 Å². The molecule has 5 nitrogen and oxygen atoms in total. The molecule has 0 aliphatic carbocycles. The molecule has 0 aromatic carbocycles. The van der Waals surface area contributed by atoms with Crippen LogP contribution in [0.4, 0.5) is 5.13 Å². The number of aromatic nitrogens is 1. The van der Waals surface area contributed by atoms with Crippen LogP contribution in [0.1, 0.15) is 23.0 Å². The van der Waals surface area contributed by atoms with Gasteiger partial charge in [-0.25, -0.2) is 9.78 Å². The summed E-state index contributed by atoms with van der Waals surface area (Å²) >= 11 is 1.30. The van der Waals surface area contributed by atoms with Gasteiger partial charge in [0, 0.05) is 6.61 Å². The second-order valence-corrected chi connectivity index (χ2v) is 5.04. The Morgan fingerprint density at radius 2 is 2.56 bits per heavy atom. The van der Waals surface area contributed by atoms with E-state index < -0.39 is 0 Å². The molecule has 2 rings (SSSR count). The predicted octanol–water partition coefficient (Wildman–Crippen LogP) is 1.52. The number of rotatable bonds is 3. The van der Waals surface area contributed by atoms with E-state index in [1.54, 1.807) is 0 Å². The fourth-order valence-corrected chi connectivity index (χ4v) is 2.43. The molecule has 1 aliphatic rings. The molecule has 0 radical (unpaired) electrons. The molecule has 6 heteroatoms. The zero-order valence-electron chi connectivity index (χ0n) is 9.28. The lowest BCUT2D eigenvalue weighted by Crippen LogP contribution is -2.34. The van der Waals surface area contributed by atoms with Crippen molar-refractivity contribution in [1.29, 1.82) is 0 Å². The molecule has 0 saturated carbocycles. The van der Waals surface area contributed by atoms with Crippen molar-refractivity contribution in [2.45, 2.75) is 18.9 Å². The van der Waals surface area contributed by atoms with Crippen LogP contribution in [0.25, 0.3) is 0 Å². The summed E-state index contributed by atoms with van der Waals surface area (Å²) in [5.74, 6) is -0.349. The van der Waals surface area contributed by atoms with Gasteiger partial charge >= 0.3 is 5.97 Å². The van der Waals surface area contributed by atoms with Gasteiger partial charge in [-0.15, -0.1) is 0 Å². The molecule has 1 aliphatic heterocycles. The fraction of sp³-hybridized carbons (Fsp3) is 0.600. The van der Waals surface area contributed by atoms with Crippen LogP contribution in [0, 0.1) is 0 Å². The minimum absolute atomic E-state index is 0.0781. The Morgan fingerprint density at radius 3 is 3.19 bits per heavy atom. The van der Waals surface area contributed by atoms with Crippen LogP contribution in [0.3, 0.4) is 0 Å². The lowest BCUT2D eigenvalue weighted by molar-refractivity contribution is 0.0606.